The van der Waals surface area contributed by atoms with Crippen LogP contribution in [0.2, 0.25) is 0 Å². The molecular weight excluding hydrogens is 508 g/mol. The van der Waals surface area contributed by atoms with Crippen molar-refractivity contribution >= 4 is 12.1 Å². The van der Waals surface area contributed by atoms with Gasteiger partial charge >= 0.3 is 12.1 Å². The molecule has 0 unspecified atom stereocenters. The van der Waals surface area contributed by atoms with Crippen LogP contribution in [-0.2, 0) is 20.9 Å². The summed E-state index contributed by atoms with van der Waals surface area (Å²) in [5.41, 5.74) is 2.88. The molecule has 4 atom stereocenters. The summed E-state index contributed by atoms with van der Waals surface area (Å²) in [4.78, 5) is 32.2. The number of nitrogens with zero attached hydrogens (tertiary/aromatic N) is 2. The summed E-state index contributed by atoms with van der Waals surface area (Å²) >= 11 is 0. The molecule has 3 aromatic rings. The zero-order valence-corrected chi connectivity index (χ0v) is 23.9. The number of rotatable bonds is 8. The molecule has 1 saturated heterocycles. The number of carboxylic acid groups (broad SMARTS) is 1. The van der Waals surface area contributed by atoms with Gasteiger partial charge in [0.15, 0.2) is 0 Å². The van der Waals surface area contributed by atoms with Crippen LogP contribution in [-0.4, -0.2) is 52.4 Å². The Bertz CT molecular complexity index is 1310. The van der Waals surface area contributed by atoms with Gasteiger partial charge in [-0.2, -0.15) is 0 Å². The van der Waals surface area contributed by atoms with Crippen LogP contribution in [0.1, 0.15) is 51.8 Å². The second kappa shape index (κ2) is 12.1. The van der Waals surface area contributed by atoms with Crippen LogP contribution in [0, 0.1) is 11.3 Å². The van der Waals surface area contributed by atoms with Crippen LogP contribution in [0.25, 0.3) is 11.1 Å². The molecule has 0 spiro atoms. The molecule has 8 nitrogen and oxygen atoms in total. The lowest BCUT2D eigenvalue weighted by Crippen LogP contribution is -2.47. The first kappa shape index (κ1) is 29.1. The third-order valence-electron chi connectivity index (χ3n) is 7.20. The van der Waals surface area contributed by atoms with E-state index in [-0.39, 0.29) is 6.61 Å². The van der Waals surface area contributed by atoms with Crippen molar-refractivity contribution in [3.05, 3.63) is 84.1 Å². The topological polar surface area (TPSA) is 98.2 Å². The van der Waals surface area contributed by atoms with Crippen molar-refractivity contribution < 1.29 is 28.9 Å². The normalized spacial score (nSPS) is 20.9. The summed E-state index contributed by atoms with van der Waals surface area (Å²) in [6, 6.07) is 19.4. The summed E-state index contributed by atoms with van der Waals surface area (Å²) in [5, 5.41) is 10.5. The molecule has 1 amide bonds. The standard InChI is InChI=1S/C32H38N2O6/c1-20(2)40-31(37)34-26(22-15-11-8-12-16-22)28(25(32(3,4)5)27(34)30(35)36)39-19-24-17-23(18-33-29(24)38-6)21-13-9-7-10-14-21/h7-18,20,25-28H,19H2,1-6H3,(H,35,36)/t25-,26+,27+,28+/m1/s1. The van der Waals surface area contributed by atoms with Crippen LogP contribution < -0.4 is 4.74 Å². The van der Waals surface area contributed by atoms with Crippen molar-refractivity contribution in [3.8, 4) is 17.0 Å². The average Bonchev–Trinajstić information content (AvgIpc) is 3.29. The number of carbonyl (C=O) groups is 2. The molecule has 1 aliphatic rings. The molecule has 1 aromatic heterocycles. The van der Waals surface area contributed by atoms with E-state index in [4.69, 9.17) is 14.2 Å². The Kier molecular flexibility index (Phi) is 8.79. The van der Waals surface area contributed by atoms with E-state index in [1.54, 1.807) is 27.2 Å². The van der Waals surface area contributed by atoms with Crippen LogP contribution in [0.5, 0.6) is 5.88 Å². The fourth-order valence-corrected chi connectivity index (χ4v) is 5.56. The Hall–Kier alpha value is -3.91. The fraction of sp³-hybridized carbons (Fsp3) is 0.406. The summed E-state index contributed by atoms with van der Waals surface area (Å²) in [5.74, 6) is -1.23. The van der Waals surface area contributed by atoms with Gasteiger partial charge in [0.1, 0.15) is 6.04 Å². The van der Waals surface area contributed by atoms with E-state index in [1.165, 1.54) is 4.90 Å². The van der Waals surface area contributed by atoms with E-state index in [2.05, 4.69) is 4.98 Å². The van der Waals surface area contributed by atoms with Crippen molar-refractivity contribution in [1.29, 1.82) is 0 Å². The van der Waals surface area contributed by atoms with Crippen molar-refractivity contribution in [3.63, 3.8) is 0 Å². The summed E-state index contributed by atoms with van der Waals surface area (Å²) in [6.45, 7) is 9.52. The minimum atomic E-state index is -1.16. The van der Waals surface area contributed by atoms with Gasteiger partial charge in [-0.1, -0.05) is 81.4 Å². The summed E-state index contributed by atoms with van der Waals surface area (Å²) < 4.78 is 17.8. The van der Waals surface area contributed by atoms with E-state index in [9.17, 15) is 14.7 Å². The molecule has 40 heavy (non-hydrogen) atoms. The van der Waals surface area contributed by atoms with Gasteiger partial charge in [0.2, 0.25) is 5.88 Å². The number of likely N-dealkylation sites (tertiary alicyclic amines) is 1. The van der Waals surface area contributed by atoms with Crippen LogP contribution in [0.3, 0.4) is 0 Å². The van der Waals surface area contributed by atoms with E-state index >= 15 is 0 Å². The van der Waals surface area contributed by atoms with Crippen molar-refractivity contribution in [1.82, 2.24) is 9.88 Å². The number of carboxylic acids is 1. The molecule has 2 heterocycles. The second-order valence-electron chi connectivity index (χ2n) is 11.4. The van der Waals surface area contributed by atoms with E-state index in [0.29, 0.717) is 5.88 Å². The molecule has 1 N–H and O–H groups in total. The predicted molar refractivity (Wildman–Crippen MR) is 152 cm³/mol. The van der Waals surface area contributed by atoms with Gasteiger partial charge in [-0.15, -0.1) is 0 Å². The summed E-state index contributed by atoms with van der Waals surface area (Å²) in [7, 11) is 1.55. The number of ether oxygens (including phenoxy) is 3. The smallest absolute Gasteiger partial charge is 0.411 e. The Morgan fingerprint density at radius 1 is 1.00 bits per heavy atom. The van der Waals surface area contributed by atoms with E-state index in [0.717, 1.165) is 22.3 Å². The number of methoxy groups -OCH3 is 1. The highest BCUT2D eigenvalue weighted by Crippen LogP contribution is 2.50. The Morgan fingerprint density at radius 2 is 1.62 bits per heavy atom. The van der Waals surface area contributed by atoms with Gasteiger partial charge < -0.3 is 19.3 Å². The fourth-order valence-electron chi connectivity index (χ4n) is 5.56. The highest BCUT2D eigenvalue weighted by Gasteiger charge is 2.59. The van der Waals surface area contributed by atoms with Crippen LogP contribution >= 0.6 is 0 Å². The van der Waals surface area contributed by atoms with Gasteiger partial charge in [-0.05, 0) is 36.5 Å². The molecular formula is C32H38N2O6. The number of aromatic nitrogens is 1. The van der Waals surface area contributed by atoms with Crippen LogP contribution in [0.4, 0.5) is 4.79 Å². The van der Waals surface area contributed by atoms with Crippen molar-refractivity contribution in [2.24, 2.45) is 11.3 Å². The second-order valence-corrected chi connectivity index (χ2v) is 11.4. The first-order chi connectivity index (χ1) is 19.0. The van der Waals surface area contributed by atoms with Gasteiger partial charge in [0.05, 0.1) is 32.0 Å². The van der Waals surface area contributed by atoms with Gasteiger partial charge in [-0.3, -0.25) is 4.90 Å². The quantitative estimate of drug-likeness (QED) is 0.351. The maximum absolute atomic E-state index is 13.5. The number of hydrogen-bond donors (Lipinski definition) is 1. The van der Waals surface area contributed by atoms with E-state index < -0.39 is 47.7 Å². The number of aliphatic carboxylic acids is 1. The number of benzene rings is 2. The van der Waals surface area contributed by atoms with Gasteiger partial charge in [0, 0.05) is 23.2 Å². The molecule has 1 fully saturated rings. The molecule has 212 valence electrons. The predicted octanol–water partition coefficient (Wildman–Crippen LogP) is 6.36. The maximum atomic E-state index is 13.5. The SMILES string of the molecule is COc1ncc(-c2ccccc2)cc1CO[C@H]1[C@H](C(C)(C)C)[C@@H](C(=O)O)N(C(=O)OC(C)C)[C@H]1c1ccccc1. The molecule has 2 aromatic carbocycles. The monoisotopic (exact) mass is 546 g/mol. The molecule has 8 heteroatoms. The number of amides is 1. The first-order valence-corrected chi connectivity index (χ1v) is 13.5. The molecule has 0 saturated carbocycles. The number of hydrogen-bond acceptors (Lipinski definition) is 6. The lowest BCUT2D eigenvalue weighted by Gasteiger charge is -2.34. The largest absolute Gasteiger partial charge is 0.481 e. The number of pyridine rings is 1. The first-order valence-electron chi connectivity index (χ1n) is 13.5. The minimum absolute atomic E-state index is 0.108. The van der Waals surface area contributed by atoms with Crippen LogP contribution in [0.15, 0.2) is 72.9 Å². The Labute approximate surface area is 235 Å². The zero-order valence-electron chi connectivity index (χ0n) is 23.9. The van der Waals surface area contributed by atoms with E-state index in [1.807, 2.05) is 87.5 Å². The van der Waals surface area contributed by atoms with Gasteiger partial charge in [0.25, 0.3) is 0 Å². The lowest BCUT2D eigenvalue weighted by molar-refractivity contribution is -0.145. The highest BCUT2D eigenvalue weighted by molar-refractivity contribution is 5.82. The maximum Gasteiger partial charge on any atom is 0.411 e. The molecule has 0 bridgehead atoms. The molecule has 4 rings (SSSR count). The molecule has 0 radical (unpaired) electrons. The summed E-state index contributed by atoms with van der Waals surface area (Å²) in [6.07, 6.45) is -0.0000552. The Balaban J connectivity index is 1.79. The third-order valence-corrected chi connectivity index (χ3v) is 7.20. The third kappa shape index (κ3) is 6.12. The highest BCUT2D eigenvalue weighted by atomic mass is 16.6. The van der Waals surface area contributed by atoms with Crippen molar-refractivity contribution in [2.75, 3.05) is 7.11 Å². The number of carbonyl (C=O) groups excluding carboxylic acids is 1. The average molecular weight is 547 g/mol. The lowest BCUT2D eigenvalue weighted by atomic mass is 9.73. The van der Waals surface area contributed by atoms with Gasteiger partial charge in [-0.25, -0.2) is 14.6 Å². The molecule has 1 aliphatic heterocycles. The zero-order chi connectivity index (χ0) is 29.0. The molecule has 0 aliphatic carbocycles. The Morgan fingerprint density at radius 3 is 2.17 bits per heavy atom. The minimum Gasteiger partial charge on any atom is -0.481 e. The van der Waals surface area contributed by atoms with Crippen molar-refractivity contribution in [2.45, 2.75) is 65.5 Å².